The Morgan fingerprint density at radius 2 is 2.00 bits per heavy atom. The number of ether oxygens (including phenoxy) is 2. The van der Waals surface area contributed by atoms with Crippen LogP contribution in [0.3, 0.4) is 0 Å². The summed E-state index contributed by atoms with van der Waals surface area (Å²) >= 11 is 0. The molecule has 3 aromatic rings. The van der Waals surface area contributed by atoms with Gasteiger partial charge in [0.2, 0.25) is 5.95 Å². The van der Waals surface area contributed by atoms with Crippen LogP contribution in [0.2, 0.25) is 0 Å². The Morgan fingerprint density at radius 1 is 1.16 bits per heavy atom. The van der Waals surface area contributed by atoms with Crippen LogP contribution in [0, 0.1) is 18.7 Å². The molecule has 5 rings (SSSR count). The minimum absolute atomic E-state index is 0.243. The number of halogens is 1. The molecular weight excluding hydrogens is 559 g/mol. The van der Waals surface area contributed by atoms with E-state index in [9.17, 15) is 0 Å². The van der Waals surface area contributed by atoms with Crippen LogP contribution < -0.4 is 15.5 Å². The number of rotatable bonds is 14. The first-order valence-corrected chi connectivity index (χ1v) is 16.2. The minimum Gasteiger partial charge on any atom is -0.382 e. The molecular formula is C33H49FN8O2. The summed E-state index contributed by atoms with van der Waals surface area (Å²) in [6.45, 7) is 16.9. The third-order valence-electron chi connectivity index (χ3n) is 8.66. The van der Waals surface area contributed by atoms with Crippen molar-refractivity contribution in [2.45, 2.75) is 59.0 Å². The molecule has 2 aliphatic heterocycles. The lowest BCUT2D eigenvalue weighted by Gasteiger charge is -2.39. The number of anilines is 3. The third kappa shape index (κ3) is 8.53. The molecule has 1 unspecified atom stereocenters. The van der Waals surface area contributed by atoms with Gasteiger partial charge in [0, 0.05) is 88.2 Å². The summed E-state index contributed by atoms with van der Waals surface area (Å²) in [6, 6.07) is 5.93. The average Bonchev–Trinajstić information content (AvgIpc) is 3.53. The van der Waals surface area contributed by atoms with Crippen molar-refractivity contribution in [3.63, 3.8) is 0 Å². The number of nitrogens with zero attached hydrogens (tertiary/aromatic N) is 6. The number of morpholine rings is 1. The lowest BCUT2D eigenvalue weighted by atomic mass is 9.88. The van der Waals surface area contributed by atoms with E-state index in [-0.39, 0.29) is 11.9 Å². The van der Waals surface area contributed by atoms with Crippen molar-refractivity contribution in [1.29, 1.82) is 0 Å². The van der Waals surface area contributed by atoms with Gasteiger partial charge >= 0.3 is 0 Å². The van der Waals surface area contributed by atoms with Crippen molar-refractivity contribution in [2.24, 2.45) is 5.92 Å². The lowest BCUT2D eigenvalue weighted by Crippen LogP contribution is -2.49. The smallest absolute Gasteiger partial charge is 0.227 e. The highest BCUT2D eigenvalue weighted by molar-refractivity contribution is 5.65. The molecule has 0 bridgehead atoms. The van der Waals surface area contributed by atoms with Gasteiger partial charge in [-0.1, -0.05) is 0 Å². The van der Waals surface area contributed by atoms with Gasteiger partial charge in [0.15, 0.2) is 0 Å². The third-order valence-corrected chi connectivity index (χ3v) is 8.66. The largest absolute Gasteiger partial charge is 0.382 e. The summed E-state index contributed by atoms with van der Waals surface area (Å²) < 4.78 is 28.8. The summed E-state index contributed by atoms with van der Waals surface area (Å²) in [4.78, 5) is 13.8. The fourth-order valence-corrected chi connectivity index (χ4v) is 6.16. The van der Waals surface area contributed by atoms with Crippen LogP contribution >= 0.6 is 0 Å². The number of piperidine rings is 1. The second-order valence-corrected chi connectivity index (χ2v) is 12.2. The summed E-state index contributed by atoms with van der Waals surface area (Å²) in [7, 11) is 0. The molecule has 2 N–H and O–H groups in total. The molecule has 0 saturated carbocycles. The average molecular weight is 609 g/mol. The molecule has 10 nitrogen and oxygen atoms in total. The molecule has 11 heteroatoms. The lowest BCUT2D eigenvalue weighted by molar-refractivity contribution is 0.0375. The zero-order chi connectivity index (χ0) is 30.9. The monoisotopic (exact) mass is 608 g/mol. The molecule has 0 amide bonds. The van der Waals surface area contributed by atoms with Crippen molar-refractivity contribution in [3.05, 3.63) is 48.2 Å². The van der Waals surface area contributed by atoms with E-state index in [2.05, 4.69) is 44.4 Å². The number of benzene rings is 1. The van der Waals surface area contributed by atoms with Crippen molar-refractivity contribution in [2.75, 3.05) is 75.9 Å². The Labute approximate surface area is 261 Å². The van der Waals surface area contributed by atoms with E-state index in [1.807, 2.05) is 43.1 Å². The molecule has 44 heavy (non-hydrogen) atoms. The van der Waals surface area contributed by atoms with Crippen LogP contribution in [0.1, 0.15) is 51.6 Å². The zero-order valence-corrected chi connectivity index (χ0v) is 26.8. The van der Waals surface area contributed by atoms with Gasteiger partial charge in [0.1, 0.15) is 5.82 Å². The van der Waals surface area contributed by atoms with E-state index >= 15 is 4.39 Å². The molecule has 0 radical (unpaired) electrons. The number of nitrogens with one attached hydrogen (secondary N) is 2. The molecule has 240 valence electrons. The highest BCUT2D eigenvalue weighted by Crippen LogP contribution is 2.31. The predicted octanol–water partition coefficient (Wildman–Crippen LogP) is 5.05. The van der Waals surface area contributed by atoms with E-state index in [1.54, 1.807) is 12.3 Å². The second kappa shape index (κ2) is 15.7. The molecule has 2 atom stereocenters. The predicted molar refractivity (Wildman–Crippen MR) is 173 cm³/mol. The molecule has 2 saturated heterocycles. The second-order valence-electron chi connectivity index (χ2n) is 12.2. The first kappa shape index (κ1) is 32.3. The normalized spacial score (nSPS) is 18.6. The number of aromatic nitrogens is 4. The molecule has 2 aliphatic rings. The molecule has 0 aliphatic carbocycles. The van der Waals surface area contributed by atoms with Gasteiger partial charge in [-0.25, -0.2) is 14.4 Å². The molecule has 1 aromatic carbocycles. The van der Waals surface area contributed by atoms with Gasteiger partial charge in [-0.2, -0.15) is 5.10 Å². The fraction of sp³-hybridized carbons (Fsp3) is 0.606. The molecule has 2 aromatic heterocycles. The van der Waals surface area contributed by atoms with Crippen LogP contribution in [-0.4, -0.2) is 96.4 Å². The van der Waals surface area contributed by atoms with E-state index in [1.165, 1.54) is 0 Å². The van der Waals surface area contributed by atoms with Gasteiger partial charge in [-0.15, -0.1) is 0 Å². The van der Waals surface area contributed by atoms with Crippen LogP contribution in [-0.2, 0) is 9.47 Å². The SMILES string of the molecule is CCOCCC(NCCN1CCOCC1)[C@@H]1CCCN(c2ccc(Nc3ncc(C)c(-c4cnn(C(C)C)c4)n3)cc2F)C1. The van der Waals surface area contributed by atoms with Crippen molar-refractivity contribution in [1.82, 2.24) is 30.0 Å². The van der Waals surface area contributed by atoms with E-state index in [0.717, 1.165) is 102 Å². The molecule has 4 heterocycles. The minimum atomic E-state index is -0.243. The number of aryl methyl sites for hydroxylation is 1. The van der Waals surface area contributed by atoms with Crippen LogP contribution in [0.4, 0.5) is 21.7 Å². The Bertz CT molecular complexity index is 1330. The first-order valence-electron chi connectivity index (χ1n) is 16.2. The Morgan fingerprint density at radius 3 is 2.75 bits per heavy atom. The van der Waals surface area contributed by atoms with E-state index < -0.39 is 0 Å². The Kier molecular flexibility index (Phi) is 11.5. The highest BCUT2D eigenvalue weighted by atomic mass is 19.1. The topological polar surface area (TPSA) is 92.6 Å². The van der Waals surface area contributed by atoms with Crippen molar-refractivity contribution >= 4 is 17.3 Å². The van der Waals surface area contributed by atoms with Crippen LogP contribution in [0.5, 0.6) is 0 Å². The van der Waals surface area contributed by atoms with Gasteiger partial charge in [-0.05, 0) is 76.6 Å². The quantitative estimate of drug-likeness (QED) is 0.244. The van der Waals surface area contributed by atoms with Gasteiger partial charge in [0.05, 0.1) is 30.8 Å². The maximum Gasteiger partial charge on any atom is 0.227 e. The van der Waals surface area contributed by atoms with E-state index in [0.29, 0.717) is 29.3 Å². The Hall–Kier alpha value is -3.12. The maximum absolute atomic E-state index is 15.6. The summed E-state index contributed by atoms with van der Waals surface area (Å²) in [6.07, 6.45) is 8.71. The number of hydrogen-bond acceptors (Lipinski definition) is 9. The molecule has 2 fully saturated rings. The van der Waals surface area contributed by atoms with Crippen molar-refractivity contribution < 1.29 is 13.9 Å². The van der Waals surface area contributed by atoms with Gasteiger partial charge < -0.3 is 25.0 Å². The molecule has 0 spiro atoms. The summed E-state index contributed by atoms with van der Waals surface area (Å²) in [5, 5.41) is 11.5. The first-order chi connectivity index (χ1) is 21.4. The standard InChI is InChI=1S/C33H49FN8O2/c1-5-43-16-10-30(35-11-13-40-14-17-44-18-15-40)26-7-6-12-41(22-26)31-9-8-28(19-29(31)34)38-33-36-20-25(4)32(39-33)27-21-37-42(23-27)24(2)3/h8-9,19-21,23-24,26,30,35H,5-7,10-18,22H2,1-4H3,(H,36,38,39)/t26-,30?/m1/s1. The van der Waals surface area contributed by atoms with Gasteiger partial charge in [0.25, 0.3) is 0 Å². The van der Waals surface area contributed by atoms with Crippen molar-refractivity contribution in [3.8, 4) is 11.3 Å². The van der Waals surface area contributed by atoms with Crippen LogP contribution in [0.25, 0.3) is 11.3 Å². The van der Waals surface area contributed by atoms with E-state index in [4.69, 9.17) is 14.5 Å². The van der Waals surface area contributed by atoms with Gasteiger partial charge in [-0.3, -0.25) is 9.58 Å². The Balaban J connectivity index is 1.22. The summed E-state index contributed by atoms with van der Waals surface area (Å²) in [5.74, 6) is 0.603. The highest BCUT2D eigenvalue weighted by Gasteiger charge is 2.28. The number of hydrogen-bond donors (Lipinski definition) is 2. The summed E-state index contributed by atoms with van der Waals surface area (Å²) in [5.41, 5.74) is 3.95. The zero-order valence-electron chi connectivity index (χ0n) is 26.8. The van der Waals surface area contributed by atoms with Crippen LogP contribution in [0.15, 0.2) is 36.8 Å². The maximum atomic E-state index is 15.6. The fourth-order valence-electron chi connectivity index (χ4n) is 6.16.